The van der Waals surface area contributed by atoms with E-state index in [1.165, 1.54) is 7.11 Å². The van der Waals surface area contributed by atoms with Crippen molar-refractivity contribution in [2.45, 2.75) is 57.5 Å². The number of fused-ring (bicyclic) bond motifs is 2. The molecule has 0 N–H and O–H groups in total. The van der Waals surface area contributed by atoms with E-state index in [0.29, 0.717) is 34.7 Å². The van der Waals surface area contributed by atoms with Crippen molar-refractivity contribution in [3.63, 3.8) is 0 Å². The Kier molecular flexibility index (Phi) is 5.47. The molecule has 0 radical (unpaired) electrons. The molecule has 8 heteroatoms. The molecule has 2 aliphatic rings. The fourth-order valence-electron chi connectivity index (χ4n) is 4.04. The average Bonchev–Trinajstić information content (AvgIpc) is 2.91. The summed E-state index contributed by atoms with van der Waals surface area (Å²) in [5, 5.41) is 0.572. The van der Waals surface area contributed by atoms with E-state index in [-0.39, 0.29) is 17.3 Å². The Morgan fingerprint density at radius 3 is 2.52 bits per heavy atom. The number of pyridine rings is 1. The van der Waals surface area contributed by atoms with Crippen molar-refractivity contribution in [3.8, 4) is 0 Å². The van der Waals surface area contributed by atoms with Gasteiger partial charge in [0.05, 0.1) is 22.5 Å². The van der Waals surface area contributed by atoms with Gasteiger partial charge in [-0.1, -0.05) is 11.6 Å². The highest BCUT2D eigenvalue weighted by molar-refractivity contribution is 9.10. The van der Waals surface area contributed by atoms with E-state index in [2.05, 4.69) is 20.9 Å². The van der Waals surface area contributed by atoms with Gasteiger partial charge in [0.2, 0.25) is 0 Å². The Bertz CT molecular complexity index is 770. The number of carbonyl (C=O) groups is 2. The Hall–Kier alpha value is -1.34. The topological polar surface area (TPSA) is 68.7 Å². The first kappa shape index (κ1) is 20.4. The van der Waals surface area contributed by atoms with Crippen LogP contribution in [0.15, 0.2) is 10.7 Å². The summed E-state index contributed by atoms with van der Waals surface area (Å²) in [6.45, 7) is 5.96. The second-order valence-corrected chi connectivity index (χ2v) is 9.50. The molecular weight excluding hydrogens is 436 g/mol. The van der Waals surface area contributed by atoms with Crippen LogP contribution in [-0.2, 0) is 19.7 Å². The third kappa shape index (κ3) is 3.81. The first-order valence-corrected chi connectivity index (χ1v) is 10.2. The number of ether oxygens (including phenoxy) is 2. The van der Waals surface area contributed by atoms with Crippen LogP contribution in [-0.4, -0.2) is 36.3 Å². The standard InChI is InChI=1S/C19H24BrClN2O4/c1-18(2,3)27-17(25)23-10-19(7-5-11(6-8-19)16(24)26-4)13-14(21)12(20)9-22-15(13)23/h9,11H,5-8,10H2,1-4H3. The fraction of sp³-hybridized carbons (Fsp3) is 0.632. The van der Waals surface area contributed by atoms with E-state index in [0.717, 1.165) is 18.4 Å². The number of methoxy groups -OCH3 is 1. The van der Waals surface area contributed by atoms with Crippen molar-refractivity contribution >= 4 is 45.4 Å². The molecule has 0 bridgehead atoms. The zero-order valence-electron chi connectivity index (χ0n) is 16.0. The second-order valence-electron chi connectivity index (χ2n) is 8.26. The molecule has 1 saturated carbocycles. The molecule has 6 nitrogen and oxygen atoms in total. The van der Waals surface area contributed by atoms with Gasteiger partial charge in [0, 0.05) is 23.7 Å². The quantitative estimate of drug-likeness (QED) is 0.561. The largest absolute Gasteiger partial charge is 0.469 e. The summed E-state index contributed by atoms with van der Waals surface area (Å²) >= 11 is 10.1. The van der Waals surface area contributed by atoms with Crippen LogP contribution in [0.3, 0.4) is 0 Å². The first-order valence-electron chi connectivity index (χ1n) is 9.01. The Labute approximate surface area is 172 Å². The normalized spacial score (nSPS) is 24.7. The van der Waals surface area contributed by atoms with Gasteiger partial charge < -0.3 is 9.47 Å². The highest BCUT2D eigenvalue weighted by atomic mass is 79.9. The number of aromatic nitrogens is 1. The minimum absolute atomic E-state index is 0.112. The second kappa shape index (κ2) is 7.24. The van der Waals surface area contributed by atoms with Crippen LogP contribution in [0.2, 0.25) is 5.02 Å². The fourth-order valence-corrected chi connectivity index (χ4v) is 4.67. The molecule has 27 heavy (non-hydrogen) atoms. The molecule has 1 spiro atoms. The molecule has 1 aliphatic carbocycles. The number of halogens is 2. The first-order chi connectivity index (χ1) is 12.6. The summed E-state index contributed by atoms with van der Waals surface area (Å²) in [6.07, 6.45) is 4.03. The van der Waals surface area contributed by atoms with E-state index >= 15 is 0 Å². The summed E-state index contributed by atoms with van der Waals surface area (Å²) in [7, 11) is 1.42. The van der Waals surface area contributed by atoms with Crippen molar-refractivity contribution in [1.29, 1.82) is 0 Å². The highest BCUT2D eigenvalue weighted by Crippen LogP contribution is 2.53. The Morgan fingerprint density at radius 1 is 1.33 bits per heavy atom. The van der Waals surface area contributed by atoms with E-state index in [9.17, 15) is 9.59 Å². The minimum Gasteiger partial charge on any atom is -0.469 e. The van der Waals surface area contributed by atoms with Crippen molar-refractivity contribution in [2.75, 3.05) is 18.6 Å². The highest BCUT2D eigenvalue weighted by Gasteiger charge is 2.50. The molecule has 0 aromatic carbocycles. The lowest BCUT2D eigenvalue weighted by Crippen LogP contribution is -2.42. The summed E-state index contributed by atoms with van der Waals surface area (Å²) in [5.74, 6) is 0.262. The molecule has 1 amide bonds. The number of carbonyl (C=O) groups excluding carboxylic acids is 2. The maximum Gasteiger partial charge on any atom is 0.416 e. The SMILES string of the molecule is COC(=O)C1CCC2(CC1)CN(C(=O)OC(C)(C)C)c1ncc(Br)c(Cl)c12. The van der Waals surface area contributed by atoms with Gasteiger partial charge in [0.1, 0.15) is 11.4 Å². The van der Waals surface area contributed by atoms with Gasteiger partial charge in [-0.3, -0.25) is 9.69 Å². The van der Waals surface area contributed by atoms with Crippen molar-refractivity contribution in [2.24, 2.45) is 5.92 Å². The summed E-state index contributed by atoms with van der Waals surface area (Å²) in [5.41, 5.74) is -0.0630. The summed E-state index contributed by atoms with van der Waals surface area (Å²) < 4.78 is 11.2. The third-order valence-corrected chi connectivity index (χ3v) is 6.51. The van der Waals surface area contributed by atoms with E-state index in [1.807, 2.05) is 20.8 Å². The molecule has 3 rings (SSSR count). The molecule has 0 saturated heterocycles. The predicted molar refractivity (Wildman–Crippen MR) is 106 cm³/mol. The monoisotopic (exact) mass is 458 g/mol. The van der Waals surface area contributed by atoms with Crippen molar-refractivity contribution < 1.29 is 19.1 Å². The number of hydrogen-bond donors (Lipinski definition) is 0. The number of hydrogen-bond acceptors (Lipinski definition) is 5. The Morgan fingerprint density at radius 2 is 1.96 bits per heavy atom. The maximum atomic E-state index is 12.8. The summed E-state index contributed by atoms with van der Waals surface area (Å²) in [6, 6.07) is 0. The molecule has 1 aromatic heterocycles. The van der Waals surface area contributed by atoms with Crippen LogP contribution < -0.4 is 4.90 Å². The smallest absolute Gasteiger partial charge is 0.416 e. The van der Waals surface area contributed by atoms with Crippen molar-refractivity contribution in [3.05, 3.63) is 21.3 Å². The van der Waals surface area contributed by atoms with Crippen LogP contribution in [0.1, 0.15) is 52.0 Å². The molecule has 1 fully saturated rings. The maximum absolute atomic E-state index is 12.8. The van der Waals surface area contributed by atoms with E-state index in [4.69, 9.17) is 21.1 Å². The summed E-state index contributed by atoms with van der Waals surface area (Å²) in [4.78, 5) is 30.8. The van der Waals surface area contributed by atoms with Gasteiger partial charge in [0.15, 0.2) is 0 Å². The van der Waals surface area contributed by atoms with Crippen LogP contribution in [0, 0.1) is 5.92 Å². The van der Waals surface area contributed by atoms with Gasteiger partial charge in [-0.2, -0.15) is 0 Å². The van der Waals surface area contributed by atoms with E-state index < -0.39 is 11.7 Å². The minimum atomic E-state index is -0.602. The van der Waals surface area contributed by atoms with Gasteiger partial charge in [-0.15, -0.1) is 0 Å². The van der Waals surface area contributed by atoms with Crippen molar-refractivity contribution in [1.82, 2.24) is 4.98 Å². The number of nitrogens with zero attached hydrogens (tertiary/aromatic N) is 2. The van der Waals surface area contributed by atoms with Crippen LogP contribution in [0.4, 0.5) is 10.6 Å². The number of anilines is 1. The zero-order chi connectivity index (χ0) is 20.0. The molecule has 1 aromatic rings. The molecule has 0 unspecified atom stereocenters. The predicted octanol–water partition coefficient (Wildman–Crippen LogP) is 4.85. The molecule has 1 aliphatic heterocycles. The van der Waals surface area contributed by atoms with Crippen LogP contribution in [0.5, 0.6) is 0 Å². The molecular formula is C19H24BrClN2O4. The molecule has 0 atom stereocenters. The number of rotatable bonds is 1. The van der Waals surface area contributed by atoms with Gasteiger partial charge in [-0.05, 0) is 62.4 Å². The van der Waals surface area contributed by atoms with Gasteiger partial charge in [0.25, 0.3) is 0 Å². The molecule has 2 heterocycles. The lowest BCUT2D eigenvalue weighted by molar-refractivity contribution is -0.146. The average molecular weight is 460 g/mol. The van der Waals surface area contributed by atoms with Crippen LogP contribution >= 0.6 is 27.5 Å². The van der Waals surface area contributed by atoms with Gasteiger partial charge in [-0.25, -0.2) is 9.78 Å². The molecule has 148 valence electrons. The van der Waals surface area contributed by atoms with E-state index in [1.54, 1.807) is 11.1 Å². The Balaban J connectivity index is 1.95. The lowest BCUT2D eigenvalue weighted by atomic mass is 9.68. The number of amides is 1. The zero-order valence-corrected chi connectivity index (χ0v) is 18.3. The lowest BCUT2D eigenvalue weighted by Gasteiger charge is -2.37. The third-order valence-electron chi connectivity index (χ3n) is 5.29. The van der Waals surface area contributed by atoms with Crippen LogP contribution in [0.25, 0.3) is 0 Å². The number of esters is 1. The van der Waals surface area contributed by atoms with Gasteiger partial charge >= 0.3 is 12.1 Å².